The molecule has 0 aromatic carbocycles. The number of nitrogens with one attached hydrogen (secondary N) is 4. The zero-order valence-electron chi connectivity index (χ0n) is 55.8. The van der Waals surface area contributed by atoms with Gasteiger partial charge in [0.1, 0.15) is 54.4 Å². The number of hydrogen-bond donors (Lipinski definition) is 6. The maximum Gasteiger partial charge on any atom is 0.305 e. The van der Waals surface area contributed by atoms with Crippen LogP contribution in [0.5, 0.6) is 0 Å². The summed E-state index contributed by atoms with van der Waals surface area (Å²) >= 11 is 0. The van der Waals surface area contributed by atoms with Gasteiger partial charge in [-0.05, 0) is 87.4 Å². The van der Waals surface area contributed by atoms with Crippen molar-refractivity contribution >= 4 is 76.9 Å². The third-order valence-electron chi connectivity index (χ3n) is 15.6. The van der Waals surface area contributed by atoms with E-state index >= 15 is 0 Å². The molecular weight excluding hydrogens is 1120 g/mol. The molecule has 496 valence electrons. The number of nitrogens with zero attached hydrogens (tertiary/aromatic N) is 7. The molecule has 0 aromatic heterocycles. The van der Waals surface area contributed by atoms with Gasteiger partial charge in [-0.3, -0.25) is 62.3 Å². The summed E-state index contributed by atoms with van der Waals surface area (Å²) in [4.78, 5) is 192. The van der Waals surface area contributed by atoms with Gasteiger partial charge in [0.2, 0.25) is 70.9 Å². The lowest BCUT2D eigenvalue weighted by Crippen LogP contribution is -2.61. The van der Waals surface area contributed by atoms with E-state index < -0.39 is 170 Å². The predicted molar refractivity (Wildman–Crippen MR) is 328 cm³/mol. The molecule has 0 aromatic rings. The summed E-state index contributed by atoms with van der Waals surface area (Å²) in [5.41, 5.74) is 5.51. The second-order valence-electron chi connectivity index (χ2n) is 26.1. The Morgan fingerprint density at radius 2 is 0.851 bits per heavy atom. The quantitative estimate of drug-likeness (QED) is 0.108. The highest BCUT2D eigenvalue weighted by Crippen LogP contribution is 2.23. The Labute approximate surface area is 516 Å². The molecule has 0 spiro atoms. The largest absolute Gasteiger partial charge is 0.481 e. The molecule has 1 aliphatic heterocycles. The van der Waals surface area contributed by atoms with E-state index in [1.165, 1.54) is 63.9 Å². The van der Waals surface area contributed by atoms with Crippen LogP contribution in [0.25, 0.3) is 0 Å². The molecule has 12 amide bonds. The van der Waals surface area contributed by atoms with Crippen LogP contribution < -0.4 is 27.0 Å². The Bertz CT molecular complexity index is 2400. The van der Waals surface area contributed by atoms with Gasteiger partial charge >= 0.3 is 5.97 Å². The molecule has 0 unspecified atom stereocenters. The van der Waals surface area contributed by atoms with E-state index in [9.17, 15) is 67.4 Å². The number of carbonyl (C=O) groups is 13. The Morgan fingerprint density at radius 3 is 1.28 bits per heavy atom. The maximum absolute atomic E-state index is 15.0. The normalized spacial score (nSPS) is 24.7. The van der Waals surface area contributed by atoms with Crippen molar-refractivity contribution in [2.75, 3.05) is 61.9 Å². The number of likely N-dealkylation sites (N-methyl/N-ethyl adjacent to an activating group) is 6. The molecule has 1 heterocycles. The molecule has 7 N–H and O–H groups in total. The number of carboxylic acids is 1. The SMILES string of the molecule is CCC[C@@H]1NC(=O)[C@H](CC(C)C)N(C)C(=O)[C@H](CC(C)C)N(C)C(=O)[C@H](CC(C)C)N(C)C(=O)CN(CCC(=O)O)C(=O)[C@@H](C)NC(=O)[C@@H](CCC(N)=O)NC(=O)[C@H](CC(C)C)N(C)C(=O)[C@H](C(C)C)NC(=O)[C@H](CC(C)C)N(C)C(=O)CN(C)C1=O. The summed E-state index contributed by atoms with van der Waals surface area (Å²) in [5.74, 6) is -11.8. The monoisotopic (exact) mass is 1230 g/mol. The van der Waals surface area contributed by atoms with Crippen molar-refractivity contribution in [3.8, 4) is 0 Å². The van der Waals surface area contributed by atoms with Crippen molar-refractivity contribution in [1.82, 2.24) is 55.6 Å². The summed E-state index contributed by atoms with van der Waals surface area (Å²) in [6.07, 6.45) is -0.326. The highest BCUT2D eigenvalue weighted by atomic mass is 16.4. The molecule has 1 fully saturated rings. The van der Waals surface area contributed by atoms with Crippen LogP contribution in [-0.4, -0.2) is 233 Å². The second kappa shape index (κ2) is 36.4. The van der Waals surface area contributed by atoms with Gasteiger partial charge in [0.05, 0.1) is 19.5 Å². The first kappa shape index (κ1) is 78.1. The first-order valence-corrected chi connectivity index (χ1v) is 30.8. The fourth-order valence-corrected chi connectivity index (χ4v) is 10.4. The highest BCUT2D eigenvalue weighted by molar-refractivity contribution is 5.99. The van der Waals surface area contributed by atoms with E-state index in [4.69, 9.17) is 5.73 Å². The summed E-state index contributed by atoms with van der Waals surface area (Å²) in [5, 5.41) is 20.6. The minimum atomic E-state index is -1.54. The third-order valence-corrected chi connectivity index (χ3v) is 15.6. The lowest BCUT2D eigenvalue weighted by Gasteiger charge is -2.39. The predicted octanol–water partition coefficient (Wildman–Crippen LogP) is 1.81. The smallest absolute Gasteiger partial charge is 0.305 e. The molecule has 0 saturated carbocycles. The molecule has 87 heavy (non-hydrogen) atoms. The zero-order valence-corrected chi connectivity index (χ0v) is 55.8. The van der Waals surface area contributed by atoms with Gasteiger partial charge < -0.3 is 66.4 Å². The summed E-state index contributed by atoms with van der Waals surface area (Å²) in [7, 11) is 8.39. The van der Waals surface area contributed by atoms with Gasteiger partial charge in [0, 0.05) is 55.3 Å². The van der Waals surface area contributed by atoms with Crippen molar-refractivity contribution in [3.05, 3.63) is 0 Å². The van der Waals surface area contributed by atoms with Gasteiger partial charge in [-0.15, -0.1) is 0 Å². The molecule has 0 aliphatic carbocycles. The number of hydrogen-bond acceptors (Lipinski definition) is 13. The zero-order chi connectivity index (χ0) is 67.2. The number of nitrogens with two attached hydrogens (primary N) is 1. The first-order chi connectivity index (χ1) is 40.2. The second-order valence-corrected chi connectivity index (χ2v) is 26.1. The Balaban J connectivity index is 4.35. The molecule has 26 nitrogen and oxygen atoms in total. The van der Waals surface area contributed by atoms with E-state index in [0.29, 0.717) is 6.42 Å². The minimum Gasteiger partial charge on any atom is -0.481 e. The molecule has 1 saturated heterocycles. The number of carboxylic acid groups (broad SMARTS) is 1. The molecule has 0 bridgehead atoms. The topological polar surface area (TPSA) is 339 Å². The van der Waals surface area contributed by atoms with E-state index in [0.717, 1.165) is 19.6 Å². The van der Waals surface area contributed by atoms with Crippen LogP contribution in [0.15, 0.2) is 0 Å². The van der Waals surface area contributed by atoms with Crippen LogP contribution in [0, 0.1) is 35.5 Å². The van der Waals surface area contributed by atoms with Crippen LogP contribution in [-0.2, 0) is 62.3 Å². The molecular formula is C61H108N12O14. The summed E-state index contributed by atoms with van der Waals surface area (Å²) < 4.78 is 0. The third kappa shape index (κ3) is 24.7. The van der Waals surface area contributed by atoms with Gasteiger partial charge in [-0.25, -0.2) is 0 Å². The van der Waals surface area contributed by atoms with Gasteiger partial charge in [-0.1, -0.05) is 96.4 Å². The molecule has 9 atom stereocenters. The van der Waals surface area contributed by atoms with E-state index in [-0.39, 0.29) is 74.5 Å². The standard InChI is InChI=1S/C61H108N12O14/c1-21-22-42-58(84)67(15)32-49(75)68(16)43(27-34(2)3)56(82)66-52(39(12)13)61(87)71(19)45(29-36(6)7)54(80)64-41(23-24-48(62)74)53(79)63-40(14)57(83)73(26-25-51(77)78)33-50(76)69(17)46(30-37(8)9)59(85)72(20)47(31-38(10)11)60(86)70(18)44(28-35(4)5)55(81)65-42/h34-47,52H,21-33H2,1-20H3,(H2,62,74)(H,63,79)(H,64,80)(H,65,81)(H,66,82)(H,77,78)/t40-,41-,42+,43+,44+,45+,46+,47+,52+/m1/s1. The molecule has 1 rings (SSSR count). The Kier molecular flexibility index (Phi) is 32.7. The van der Waals surface area contributed by atoms with Gasteiger partial charge in [0.25, 0.3) is 0 Å². The van der Waals surface area contributed by atoms with Crippen molar-refractivity contribution in [2.45, 2.75) is 216 Å². The maximum atomic E-state index is 15.0. The van der Waals surface area contributed by atoms with Crippen LogP contribution in [0.2, 0.25) is 0 Å². The van der Waals surface area contributed by atoms with Crippen molar-refractivity contribution in [3.63, 3.8) is 0 Å². The number of carbonyl (C=O) groups excluding carboxylic acids is 12. The van der Waals surface area contributed by atoms with Crippen molar-refractivity contribution in [1.29, 1.82) is 0 Å². The van der Waals surface area contributed by atoms with Crippen molar-refractivity contribution < 1.29 is 67.4 Å². The first-order valence-electron chi connectivity index (χ1n) is 30.8. The number of aliphatic carboxylic acids is 1. The van der Waals surface area contributed by atoms with E-state index in [2.05, 4.69) is 21.3 Å². The Hall–Kier alpha value is -6.89. The van der Waals surface area contributed by atoms with Crippen LogP contribution in [0.1, 0.15) is 161 Å². The fourth-order valence-electron chi connectivity index (χ4n) is 10.4. The van der Waals surface area contributed by atoms with Crippen LogP contribution in [0.3, 0.4) is 0 Å². The van der Waals surface area contributed by atoms with Crippen molar-refractivity contribution in [2.24, 2.45) is 41.2 Å². The lowest BCUT2D eigenvalue weighted by molar-refractivity contribution is -0.154. The van der Waals surface area contributed by atoms with Crippen LogP contribution >= 0.6 is 0 Å². The number of rotatable bonds is 19. The average molecular weight is 1230 g/mol. The summed E-state index contributed by atoms with van der Waals surface area (Å²) in [6, 6.07) is -11.5. The number of primary amides is 1. The average Bonchev–Trinajstić information content (AvgIpc) is 3.52. The Morgan fingerprint density at radius 1 is 0.471 bits per heavy atom. The van der Waals surface area contributed by atoms with E-state index in [1.54, 1.807) is 27.7 Å². The van der Waals surface area contributed by atoms with Crippen LogP contribution in [0.4, 0.5) is 0 Å². The fraction of sp³-hybridized carbons (Fsp3) is 0.787. The molecule has 0 radical (unpaired) electrons. The molecule has 1 aliphatic rings. The number of amides is 12. The molecule has 26 heteroatoms. The van der Waals surface area contributed by atoms with E-state index in [1.807, 2.05) is 62.3 Å². The van der Waals surface area contributed by atoms with Gasteiger partial charge in [-0.2, -0.15) is 0 Å². The highest BCUT2D eigenvalue weighted by Gasteiger charge is 2.42. The minimum absolute atomic E-state index is 0.0429. The lowest BCUT2D eigenvalue weighted by atomic mass is 9.96. The van der Waals surface area contributed by atoms with Gasteiger partial charge in [0.15, 0.2) is 0 Å². The summed E-state index contributed by atoms with van der Waals surface area (Å²) in [6.45, 7) is 23.0.